The molecule has 118 valence electrons. The van der Waals surface area contributed by atoms with Crippen LogP contribution in [-0.2, 0) is 11.2 Å². The van der Waals surface area contributed by atoms with E-state index < -0.39 is 0 Å². The smallest absolute Gasteiger partial charge is 0.261 e. The van der Waals surface area contributed by atoms with Gasteiger partial charge in [-0.15, -0.1) is 11.3 Å². The van der Waals surface area contributed by atoms with Gasteiger partial charge in [0.1, 0.15) is 5.82 Å². The highest BCUT2D eigenvalue weighted by Crippen LogP contribution is 2.21. The van der Waals surface area contributed by atoms with E-state index in [9.17, 15) is 9.59 Å². The number of carbonyl (C=O) groups excluding carboxylic acids is 2. The Balaban J connectivity index is 1.54. The molecule has 3 N–H and O–H groups in total. The first kappa shape index (κ1) is 15.2. The van der Waals surface area contributed by atoms with Crippen molar-refractivity contribution in [2.45, 2.75) is 13.3 Å². The largest absolute Gasteiger partial charge is 0.351 e. The van der Waals surface area contributed by atoms with Gasteiger partial charge in [-0.25, -0.2) is 4.98 Å². The SMILES string of the molecule is CC(=O)Nc1ccc(C(=O)NCCc2nc3ccccc3[nH]2)s1. The van der Waals surface area contributed by atoms with E-state index in [0.29, 0.717) is 22.8 Å². The van der Waals surface area contributed by atoms with Gasteiger partial charge in [0, 0.05) is 19.9 Å². The molecule has 0 saturated heterocycles. The molecule has 0 radical (unpaired) electrons. The molecule has 23 heavy (non-hydrogen) atoms. The molecule has 6 nitrogen and oxygen atoms in total. The minimum atomic E-state index is -0.150. The number of H-pyrrole nitrogens is 1. The summed E-state index contributed by atoms with van der Waals surface area (Å²) in [4.78, 5) is 31.3. The lowest BCUT2D eigenvalue weighted by Gasteiger charge is -2.01. The molecule has 0 bridgehead atoms. The molecular formula is C16H16N4O2S. The van der Waals surface area contributed by atoms with E-state index >= 15 is 0 Å². The van der Waals surface area contributed by atoms with Crippen LogP contribution in [0.1, 0.15) is 22.4 Å². The van der Waals surface area contributed by atoms with E-state index in [1.54, 1.807) is 12.1 Å². The fourth-order valence-electron chi connectivity index (χ4n) is 2.21. The van der Waals surface area contributed by atoms with Crippen LogP contribution in [0.4, 0.5) is 5.00 Å². The number of hydrogen-bond acceptors (Lipinski definition) is 4. The fraction of sp³-hybridized carbons (Fsp3) is 0.188. The van der Waals surface area contributed by atoms with Crippen molar-refractivity contribution in [3.05, 3.63) is 47.1 Å². The summed E-state index contributed by atoms with van der Waals surface area (Å²) in [6, 6.07) is 11.2. The first-order valence-electron chi connectivity index (χ1n) is 7.21. The van der Waals surface area contributed by atoms with E-state index in [2.05, 4.69) is 20.6 Å². The zero-order valence-corrected chi connectivity index (χ0v) is 13.4. The Labute approximate surface area is 136 Å². The molecule has 1 aromatic carbocycles. The summed E-state index contributed by atoms with van der Waals surface area (Å²) >= 11 is 1.25. The summed E-state index contributed by atoms with van der Waals surface area (Å²) in [5.41, 5.74) is 1.92. The first-order valence-corrected chi connectivity index (χ1v) is 8.03. The standard InChI is InChI=1S/C16H16N4O2S/c1-10(21)18-15-7-6-13(23-15)16(22)17-9-8-14-19-11-4-2-3-5-12(11)20-14/h2-7H,8-9H2,1H3,(H,17,22)(H,18,21)(H,19,20). The molecule has 0 saturated carbocycles. The summed E-state index contributed by atoms with van der Waals surface area (Å²) in [6.07, 6.45) is 0.629. The maximum absolute atomic E-state index is 12.1. The van der Waals surface area contributed by atoms with Gasteiger partial charge in [-0.05, 0) is 24.3 Å². The van der Waals surface area contributed by atoms with E-state index in [-0.39, 0.29) is 11.8 Å². The summed E-state index contributed by atoms with van der Waals surface area (Å²) < 4.78 is 0. The molecule has 0 aliphatic heterocycles. The maximum Gasteiger partial charge on any atom is 0.261 e. The fourth-order valence-corrected chi connectivity index (χ4v) is 3.07. The van der Waals surface area contributed by atoms with Gasteiger partial charge in [-0.3, -0.25) is 9.59 Å². The summed E-state index contributed by atoms with van der Waals surface area (Å²) in [5.74, 6) is 0.544. The van der Waals surface area contributed by atoms with Crippen LogP contribution in [0.3, 0.4) is 0 Å². The highest BCUT2D eigenvalue weighted by molar-refractivity contribution is 7.18. The zero-order valence-electron chi connectivity index (χ0n) is 12.6. The molecule has 0 spiro atoms. The van der Waals surface area contributed by atoms with Crippen LogP contribution >= 0.6 is 11.3 Å². The van der Waals surface area contributed by atoms with Gasteiger partial charge >= 0.3 is 0 Å². The highest BCUT2D eigenvalue weighted by Gasteiger charge is 2.10. The number of thiophene rings is 1. The van der Waals surface area contributed by atoms with E-state index in [1.807, 2.05) is 24.3 Å². The van der Waals surface area contributed by atoms with Gasteiger partial charge in [0.05, 0.1) is 20.9 Å². The zero-order chi connectivity index (χ0) is 16.2. The molecule has 2 amide bonds. The maximum atomic E-state index is 12.1. The third kappa shape index (κ3) is 3.75. The number of hydrogen-bond donors (Lipinski definition) is 3. The summed E-state index contributed by atoms with van der Waals surface area (Å²) in [6.45, 7) is 1.93. The van der Waals surface area contributed by atoms with Crippen molar-refractivity contribution in [1.29, 1.82) is 0 Å². The predicted molar refractivity (Wildman–Crippen MR) is 90.8 cm³/mol. The molecule has 3 aromatic rings. The average Bonchev–Trinajstić information content (AvgIpc) is 3.12. The van der Waals surface area contributed by atoms with Crippen molar-refractivity contribution in [1.82, 2.24) is 15.3 Å². The first-order chi connectivity index (χ1) is 11.1. The van der Waals surface area contributed by atoms with Crippen LogP contribution < -0.4 is 10.6 Å². The number of benzene rings is 1. The Morgan fingerprint density at radius 2 is 2.04 bits per heavy atom. The van der Waals surface area contributed by atoms with Gasteiger partial charge in [0.2, 0.25) is 5.91 Å². The highest BCUT2D eigenvalue weighted by atomic mass is 32.1. The molecule has 0 aliphatic carbocycles. The Bertz CT molecular complexity index is 820. The number of aromatic amines is 1. The van der Waals surface area contributed by atoms with Gasteiger partial charge in [0.25, 0.3) is 5.91 Å². The minimum absolute atomic E-state index is 0.149. The van der Waals surface area contributed by atoms with Crippen molar-refractivity contribution in [3.63, 3.8) is 0 Å². The lowest BCUT2D eigenvalue weighted by atomic mass is 10.3. The molecule has 2 heterocycles. The number of aromatic nitrogens is 2. The van der Waals surface area contributed by atoms with Gasteiger partial charge in [-0.1, -0.05) is 12.1 Å². The van der Waals surface area contributed by atoms with Gasteiger partial charge in [0.15, 0.2) is 0 Å². The number of rotatable bonds is 5. The number of carbonyl (C=O) groups is 2. The third-order valence-corrected chi connectivity index (χ3v) is 4.21. The quantitative estimate of drug-likeness (QED) is 0.673. The molecular weight excluding hydrogens is 312 g/mol. The second-order valence-electron chi connectivity index (χ2n) is 5.05. The number of anilines is 1. The van der Waals surface area contributed by atoms with Crippen LogP contribution in [0.5, 0.6) is 0 Å². The van der Waals surface area contributed by atoms with Crippen LogP contribution in [-0.4, -0.2) is 28.3 Å². The number of nitrogens with zero attached hydrogens (tertiary/aromatic N) is 1. The minimum Gasteiger partial charge on any atom is -0.351 e. The molecule has 0 atom stereocenters. The Morgan fingerprint density at radius 3 is 2.83 bits per heavy atom. The topological polar surface area (TPSA) is 86.9 Å². The predicted octanol–water partition coefficient (Wildman–Crippen LogP) is 2.56. The molecule has 3 rings (SSSR count). The summed E-state index contributed by atoms with van der Waals surface area (Å²) in [7, 11) is 0. The van der Waals surface area contributed by atoms with Crippen molar-refractivity contribution in [2.75, 3.05) is 11.9 Å². The van der Waals surface area contributed by atoms with E-state index in [0.717, 1.165) is 16.9 Å². The third-order valence-electron chi connectivity index (χ3n) is 3.21. The lowest BCUT2D eigenvalue weighted by Crippen LogP contribution is -2.25. The second-order valence-corrected chi connectivity index (χ2v) is 6.14. The second kappa shape index (κ2) is 6.62. The summed E-state index contributed by atoms with van der Waals surface area (Å²) in [5, 5.41) is 6.19. The van der Waals surface area contributed by atoms with Crippen LogP contribution in [0.2, 0.25) is 0 Å². The lowest BCUT2D eigenvalue weighted by molar-refractivity contribution is -0.114. The van der Waals surface area contributed by atoms with Crippen molar-refractivity contribution in [3.8, 4) is 0 Å². The van der Waals surface area contributed by atoms with Crippen LogP contribution in [0, 0.1) is 0 Å². The number of amides is 2. The number of para-hydroxylation sites is 2. The molecule has 0 aliphatic rings. The van der Waals surface area contributed by atoms with Gasteiger partial charge < -0.3 is 15.6 Å². The Morgan fingerprint density at radius 1 is 1.22 bits per heavy atom. The molecule has 2 aromatic heterocycles. The van der Waals surface area contributed by atoms with E-state index in [1.165, 1.54) is 18.3 Å². The van der Waals surface area contributed by atoms with E-state index in [4.69, 9.17) is 0 Å². The van der Waals surface area contributed by atoms with Gasteiger partial charge in [-0.2, -0.15) is 0 Å². The monoisotopic (exact) mass is 328 g/mol. The molecule has 7 heteroatoms. The average molecular weight is 328 g/mol. The number of imidazole rings is 1. The normalized spacial score (nSPS) is 10.7. The molecule has 0 fully saturated rings. The Hall–Kier alpha value is -2.67. The van der Waals surface area contributed by atoms with Crippen molar-refractivity contribution >= 4 is 39.2 Å². The number of fused-ring (bicyclic) bond motifs is 1. The number of nitrogens with one attached hydrogen (secondary N) is 3. The Kier molecular flexibility index (Phi) is 4.38. The van der Waals surface area contributed by atoms with Crippen molar-refractivity contribution in [2.24, 2.45) is 0 Å². The molecule has 0 unspecified atom stereocenters. The van der Waals surface area contributed by atoms with Crippen molar-refractivity contribution < 1.29 is 9.59 Å². The van der Waals surface area contributed by atoms with Crippen LogP contribution in [0.25, 0.3) is 11.0 Å². The van der Waals surface area contributed by atoms with Crippen LogP contribution in [0.15, 0.2) is 36.4 Å².